The third kappa shape index (κ3) is 3.41. The first-order valence-corrected chi connectivity index (χ1v) is 5.05. The number of hydrogen-bond acceptors (Lipinski definition) is 3. The van der Waals surface area contributed by atoms with Gasteiger partial charge in [0.25, 0.3) is 5.91 Å². The fourth-order valence-electron chi connectivity index (χ4n) is 1.18. The Morgan fingerprint density at radius 3 is 2.41 bits per heavy atom. The van der Waals surface area contributed by atoms with Crippen molar-refractivity contribution in [3.63, 3.8) is 0 Å². The molecule has 5 nitrogen and oxygen atoms in total. The molecule has 2 N–H and O–H groups in total. The Labute approximate surface area is 99.2 Å². The Hall–Kier alpha value is -2.17. The number of aryl methyl sites for hydroxylation is 1. The summed E-state index contributed by atoms with van der Waals surface area (Å²) in [6, 6.07) is 1.76. The Kier molecular flexibility index (Phi) is 3.98. The second-order valence-corrected chi connectivity index (χ2v) is 3.76. The number of carboxylic acids is 1. The lowest BCUT2D eigenvalue weighted by atomic mass is 10.1. The Balaban J connectivity index is 2.87. The van der Waals surface area contributed by atoms with E-state index in [1.807, 2.05) is 6.92 Å². The smallest absolute Gasteiger partial charge is 0.331 e. The number of amides is 1. The van der Waals surface area contributed by atoms with Crippen LogP contribution in [0.1, 0.15) is 19.4 Å². The number of pyridine rings is 1. The van der Waals surface area contributed by atoms with Gasteiger partial charge in [-0.25, -0.2) is 4.79 Å². The predicted molar refractivity (Wildman–Crippen MR) is 63.6 cm³/mol. The summed E-state index contributed by atoms with van der Waals surface area (Å²) >= 11 is 0. The van der Waals surface area contributed by atoms with Crippen LogP contribution < -0.4 is 5.32 Å². The third-order valence-corrected chi connectivity index (χ3v) is 2.36. The van der Waals surface area contributed by atoms with Crippen LogP contribution in [0.2, 0.25) is 0 Å². The average Bonchev–Trinajstić information content (AvgIpc) is 2.26. The normalized spacial score (nSPS) is 11.7. The minimum atomic E-state index is -1.10. The molecule has 0 aliphatic carbocycles. The minimum Gasteiger partial charge on any atom is -0.478 e. The van der Waals surface area contributed by atoms with Crippen molar-refractivity contribution in [3.8, 4) is 0 Å². The van der Waals surface area contributed by atoms with Crippen molar-refractivity contribution in [1.29, 1.82) is 0 Å². The lowest BCUT2D eigenvalue weighted by Crippen LogP contribution is -2.16. The van der Waals surface area contributed by atoms with E-state index in [0.29, 0.717) is 5.69 Å². The number of carbonyl (C=O) groups is 2. The molecule has 0 bridgehead atoms. The van der Waals surface area contributed by atoms with E-state index in [0.717, 1.165) is 5.56 Å². The van der Waals surface area contributed by atoms with Crippen LogP contribution in [0, 0.1) is 6.92 Å². The number of rotatable bonds is 3. The molecule has 17 heavy (non-hydrogen) atoms. The van der Waals surface area contributed by atoms with E-state index in [-0.39, 0.29) is 11.1 Å². The van der Waals surface area contributed by atoms with Gasteiger partial charge in [0.05, 0.1) is 11.9 Å². The van der Waals surface area contributed by atoms with E-state index >= 15 is 0 Å². The van der Waals surface area contributed by atoms with Crippen LogP contribution in [0.3, 0.4) is 0 Å². The first-order chi connectivity index (χ1) is 7.91. The molecule has 1 aromatic rings. The molecule has 1 rings (SSSR count). The predicted octanol–water partition coefficient (Wildman–Crippen LogP) is 1.75. The first kappa shape index (κ1) is 12.9. The van der Waals surface area contributed by atoms with Gasteiger partial charge in [0.1, 0.15) is 0 Å². The zero-order valence-corrected chi connectivity index (χ0v) is 9.94. The molecule has 0 saturated carbocycles. The van der Waals surface area contributed by atoms with Gasteiger partial charge in [0.15, 0.2) is 0 Å². The number of aromatic nitrogens is 1. The first-order valence-electron chi connectivity index (χ1n) is 5.05. The van der Waals surface area contributed by atoms with Gasteiger partial charge in [-0.15, -0.1) is 0 Å². The lowest BCUT2D eigenvalue weighted by Gasteiger charge is -2.07. The maximum atomic E-state index is 11.7. The van der Waals surface area contributed by atoms with Crippen molar-refractivity contribution in [3.05, 3.63) is 35.2 Å². The molecule has 0 atom stereocenters. The maximum Gasteiger partial charge on any atom is 0.331 e. The molecule has 0 spiro atoms. The summed E-state index contributed by atoms with van der Waals surface area (Å²) in [5, 5.41) is 11.4. The zero-order chi connectivity index (χ0) is 13.0. The van der Waals surface area contributed by atoms with Gasteiger partial charge in [0.2, 0.25) is 0 Å². The highest BCUT2D eigenvalue weighted by Crippen LogP contribution is 2.11. The molecule has 0 radical (unpaired) electrons. The Morgan fingerprint density at radius 2 is 1.88 bits per heavy atom. The van der Waals surface area contributed by atoms with Crippen LogP contribution in [-0.2, 0) is 9.59 Å². The maximum absolute atomic E-state index is 11.7. The molecule has 90 valence electrons. The molecular weight excluding hydrogens is 220 g/mol. The van der Waals surface area contributed by atoms with Gasteiger partial charge in [-0.3, -0.25) is 9.78 Å². The fraction of sp³-hybridized carbons (Fsp3) is 0.250. The van der Waals surface area contributed by atoms with Crippen LogP contribution in [0.25, 0.3) is 0 Å². The highest BCUT2D eigenvalue weighted by molar-refractivity contribution is 6.07. The van der Waals surface area contributed by atoms with E-state index in [4.69, 9.17) is 5.11 Å². The van der Waals surface area contributed by atoms with Gasteiger partial charge in [0, 0.05) is 17.3 Å². The highest BCUT2D eigenvalue weighted by Gasteiger charge is 2.12. The van der Waals surface area contributed by atoms with E-state index in [9.17, 15) is 9.59 Å². The summed E-state index contributed by atoms with van der Waals surface area (Å²) in [6.45, 7) is 4.72. The molecule has 1 amide bonds. The number of carboxylic acid groups (broad SMARTS) is 1. The number of aliphatic carboxylic acids is 1. The van der Waals surface area contributed by atoms with Crippen LogP contribution in [-0.4, -0.2) is 22.0 Å². The number of anilines is 1. The number of hydrogen-bond donors (Lipinski definition) is 2. The Morgan fingerprint density at radius 1 is 1.24 bits per heavy atom. The van der Waals surface area contributed by atoms with Gasteiger partial charge in [-0.05, 0) is 32.4 Å². The van der Waals surface area contributed by atoms with Gasteiger partial charge in [-0.2, -0.15) is 0 Å². The molecule has 0 aromatic carbocycles. The summed E-state index contributed by atoms with van der Waals surface area (Å²) in [5.74, 6) is -1.53. The molecule has 1 aromatic heterocycles. The molecule has 0 aliphatic heterocycles. The molecular formula is C12H14N2O3. The summed E-state index contributed by atoms with van der Waals surface area (Å²) < 4.78 is 0. The Bertz CT molecular complexity index is 492. The van der Waals surface area contributed by atoms with Gasteiger partial charge in [-0.1, -0.05) is 0 Å². The standard InChI is InChI=1S/C12H14N2O3/c1-7-4-10(6-13-5-7)14-11(15)8(2)9(3)12(16)17/h4-6H,1-3H3,(H,14,15)(H,16,17)/b9-8+. The van der Waals surface area contributed by atoms with E-state index in [1.165, 1.54) is 20.0 Å². The summed E-state index contributed by atoms with van der Waals surface area (Å²) in [5.41, 5.74) is 1.68. The van der Waals surface area contributed by atoms with Crippen LogP contribution in [0.4, 0.5) is 5.69 Å². The fourth-order valence-corrected chi connectivity index (χ4v) is 1.18. The van der Waals surface area contributed by atoms with E-state index in [2.05, 4.69) is 10.3 Å². The monoisotopic (exact) mass is 234 g/mol. The summed E-state index contributed by atoms with van der Waals surface area (Å²) in [7, 11) is 0. The topological polar surface area (TPSA) is 79.3 Å². The number of nitrogens with one attached hydrogen (secondary N) is 1. The number of nitrogens with zero attached hydrogens (tertiary/aromatic N) is 1. The quantitative estimate of drug-likeness (QED) is 0.781. The molecule has 0 saturated heterocycles. The number of carbonyl (C=O) groups excluding carboxylic acids is 1. The second kappa shape index (κ2) is 5.25. The van der Waals surface area contributed by atoms with E-state index in [1.54, 1.807) is 12.3 Å². The van der Waals surface area contributed by atoms with Crippen molar-refractivity contribution in [2.24, 2.45) is 0 Å². The molecule has 0 unspecified atom stereocenters. The highest BCUT2D eigenvalue weighted by atomic mass is 16.4. The molecule has 1 heterocycles. The molecule has 0 aliphatic rings. The van der Waals surface area contributed by atoms with Crippen molar-refractivity contribution < 1.29 is 14.7 Å². The van der Waals surface area contributed by atoms with Crippen molar-refractivity contribution in [2.75, 3.05) is 5.32 Å². The second-order valence-electron chi connectivity index (χ2n) is 3.76. The average molecular weight is 234 g/mol. The summed E-state index contributed by atoms with van der Waals surface area (Å²) in [6.07, 6.45) is 3.18. The largest absolute Gasteiger partial charge is 0.478 e. The molecule has 0 fully saturated rings. The van der Waals surface area contributed by atoms with Crippen LogP contribution in [0.15, 0.2) is 29.6 Å². The summed E-state index contributed by atoms with van der Waals surface area (Å²) in [4.78, 5) is 26.3. The van der Waals surface area contributed by atoms with Gasteiger partial charge < -0.3 is 10.4 Å². The van der Waals surface area contributed by atoms with Gasteiger partial charge >= 0.3 is 5.97 Å². The minimum absolute atomic E-state index is 0.0307. The van der Waals surface area contributed by atoms with Crippen LogP contribution in [0.5, 0.6) is 0 Å². The lowest BCUT2D eigenvalue weighted by molar-refractivity contribution is -0.133. The van der Waals surface area contributed by atoms with Crippen LogP contribution >= 0.6 is 0 Å². The third-order valence-electron chi connectivity index (χ3n) is 2.36. The van der Waals surface area contributed by atoms with Crippen molar-refractivity contribution in [2.45, 2.75) is 20.8 Å². The van der Waals surface area contributed by atoms with Crippen molar-refractivity contribution in [1.82, 2.24) is 4.98 Å². The molecule has 5 heteroatoms. The van der Waals surface area contributed by atoms with E-state index < -0.39 is 11.9 Å². The van der Waals surface area contributed by atoms with Crippen molar-refractivity contribution >= 4 is 17.6 Å². The SMILES string of the molecule is C/C(C(=O)O)=C(/C)C(=O)Nc1cncc(C)c1. The zero-order valence-electron chi connectivity index (χ0n) is 9.94.